The van der Waals surface area contributed by atoms with Gasteiger partial charge in [-0.25, -0.2) is 4.98 Å². The third-order valence-electron chi connectivity index (χ3n) is 3.56. The Balaban J connectivity index is 1.67. The van der Waals surface area contributed by atoms with Crippen LogP contribution in [-0.2, 0) is 9.53 Å². The Hall–Kier alpha value is -1.37. The molecule has 2 heterocycles. The average molecular weight is 334 g/mol. The van der Waals surface area contributed by atoms with E-state index in [2.05, 4.69) is 16.4 Å². The molecule has 0 saturated carbocycles. The number of carbonyl (C=O) groups is 1. The van der Waals surface area contributed by atoms with Crippen LogP contribution in [0.4, 0.5) is 5.69 Å². The van der Waals surface area contributed by atoms with E-state index in [9.17, 15) is 4.79 Å². The first-order valence-electron chi connectivity index (χ1n) is 7.21. The first-order valence-corrected chi connectivity index (χ1v) is 8.90. The summed E-state index contributed by atoms with van der Waals surface area (Å²) in [5.41, 5.74) is 2.98. The summed E-state index contributed by atoms with van der Waals surface area (Å²) in [7, 11) is 0. The summed E-state index contributed by atoms with van der Waals surface area (Å²) in [5, 5.41) is 5.06. The Labute approximate surface area is 138 Å². The van der Waals surface area contributed by atoms with Gasteiger partial charge in [0.2, 0.25) is 5.91 Å². The van der Waals surface area contributed by atoms with Crippen molar-refractivity contribution in [2.24, 2.45) is 5.92 Å². The number of hydrogen-bond acceptors (Lipinski definition) is 5. The minimum absolute atomic E-state index is 0.0215. The Morgan fingerprint density at radius 1 is 1.45 bits per heavy atom. The number of anilines is 1. The molecule has 0 radical (unpaired) electrons. The van der Waals surface area contributed by atoms with E-state index in [4.69, 9.17) is 4.74 Å². The minimum Gasteiger partial charge on any atom is -0.381 e. The summed E-state index contributed by atoms with van der Waals surface area (Å²) in [6, 6.07) is 6.07. The van der Waals surface area contributed by atoms with Gasteiger partial charge in [0.25, 0.3) is 0 Å². The second-order valence-electron chi connectivity index (χ2n) is 5.38. The fourth-order valence-corrected chi connectivity index (χ4v) is 4.21. The molecule has 3 rings (SSSR count). The van der Waals surface area contributed by atoms with Gasteiger partial charge in [0.15, 0.2) is 4.34 Å². The summed E-state index contributed by atoms with van der Waals surface area (Å²) in [6.07, 6.45) is 0.808. The third kappa shape index (κ3) is 3.69. The molecule has 1 N–H and O–H groups in total. The maximum atomic E-state index is 12.1. The summed E-state index contributed by atoms with van der Waals surface area (Å²) in [4.78, 5) is 17.7. The number of nitrogens with zero attached hydrogens (tertiary/aromatic N) is 1. The van der Waals surface area contributed by atoms with Crippen LogP contribution in [0.15, 0.2) is 32.8 Å². The van der Waals surface area contributed by atoms with Gasteiger partial charge in [-0.05, 0) is 44.0 Å². The lowest BCUT2D eigenvalue weighted by Gasteiger charge is -2.12. The van der Waals surface area contributed by atoms with Crippen LogP contribution in [0.1, 0.15) is 17.7 Å². The number of hydrogen-bond donors (Lipinski definition) is 1. The number of rotatable bonds is 4. The van der Waals surface area contributed by atoms with Crippen molar-refractivity contribution >= 4 is 34.7 Å². The molecule has 1 saturated heterocycles. The van der Waals surface area contributed by atoms with Crippen LogP contribution in [0.25, 0.3) is 0 Å². The SMILES string of the molecule is Cc1csc(Sc2ccc(NC(=O)[C@@H]3CCOC3)c(C)c2)n1. The molecule has 2 aromatic rings. The van der Waals surface area contributed by atoms with Crippen LogP contribution in [0.5, 0.6) is 0 Å². The van der Waals surface area contributed by atoms with Crippen molar-refractivity contribution in [3.63, 3.8) is 0 Å². The monoisotopic (exact) mass is 334 g/mol. The average Bonchev–Trinajstić information content (AvgIpc) is 3.13. The van der Waals surface area contributed by atoms with E-state index in [0.29, 0.717) is 13.2 Å². The summed E-state index contributed by atoms with van der Waals surface area (Å²) in [5.74, 6) is 0.0308. The van der Waals surface area contributed by atoms with Crippen molar-refractivity contribution in [3.05, 3.63) is 34.8 Å². The number of thiazole rings is 1. The van der Waals surface area contributed by atoms with E-state index in [1.807, 2.05) is 31.4 Å². The van der Waals surface area contributed by atoms with Gasteiger partial charge >= 0.3 is 0 Å². The molecule has 0 spiro atoms. The second-order valence-corrected chi connectivity index (χ2v) is 7.56. The lowest BCUT2D eigenvalue weighted by molar-refractivity contribution is -0.119. The van der Waals surface area contributed by atoms with Gasteiger partial charge in [-0.2, -0.15) is 0 Å². The Morgan fingerprint density at radius 3 is 2.95 bits per heavy atom. The molecular weight excluding hydrogens is 316 g/mol. The maximum absolute atomic E-state index is 12.1. The third-order valence-corrected chi connectivity index (χ3v) is 5.61. The van der Waals surface area contributed by atoms with Crippen molar-refractivity contribution in [1.82, 2.24) is 4.98 Å². The van der Waals surface area contributed by atoms with Gasteiger partial charge in [0, 0.05) is 28.3 Å². The van der Waals surface area contributed by atoms with Gasteiger partial charge in [-0.1, -0.05) is 11.8 Å². The summed E-state index contributed by atoms with van der Waals surface area (Å²) in [6.45, 7) is 5.22. The Bertz CT molecular complexity index is 679. The molecule has 1 amide bonds. The molecular formula is C16H18N2O2S2. The molecule has 0 aliphatic carbocycles. The predicted molar refractivity (Wildman–Crippen MR) is 89.7 cm³/mol. The highest BCUT2D eigenvalue weighted by Crippen LogP contribution is 2.32. The van der Waals surface area contributed by atoms with E-state index in [0.717, 1.165) is 32.6 Å². The molecule has 1 aliphatic heterocycles. The van der Waals surface area contributed by atoms with Crippen LogP contribution in [0, 0.1) is 19.8 Å². The van der Waals surface area contributed by atoms with Gasteiger partial charge < -0.3 is 10.1 Å². The largest absolute Gasteiger partial charge is 0.381 e. The molecule has 1 aromatic carbocycles. The van der Waals surface area contributed by atoms with Crippen LogP contribution in [-0.4, -0.2) is 24.1 Å². The van der Waals surface area contributed by atoms with E-state index >= 15 is 0 Å². The normalized spacial score (nSPS) is 17.6. The standard InChI is InChI=1S/C16H18N2O2S2/c1-10-7-13(22-16-17-11(2)9-21-16)3-4-14(10)18-15(19)12-5-6-20-8-12/h3-4,7,9,12H,5-6,8H2,1-2H3,(H,18,19)/t12-/m1/s1. The number of ether oxygens (including phenoxy) is 1. The highest BCUT2D eigenvalue weighted by molar-refractivity contribution is 8.01. The highest BCUT2D eigenvalue weighted by atomic mass is 32.2. The van der Waals surface area contributed by atoms with Gasteiger partial charge in [-0.3, -0.25) is 4.79 Å². The van der Waals surface area contributed by atoms with Crippen molar-refractivity contribution < 1.29 is 9.53 Å². The molecule has 22 heavy (non-hydrogen) atoms. The fraction of sp³-hybridized carbons (Fsp3) is 0.375. The van der Waals surface area contributed by atoms with E-state index in [1.165, 1.54) is 0 Å². The molecule has 1 aliphatic rings. The second kappa shape index (κ2) is 6.81. The molecule has 1 fully saturated rings. The number of aryl methyl sites for hydroxylation is 2. The van der Waals surface area contributed by atoms with Crippen LogP contribution in [0.2, 0.25) is 0 Å². The van der Waals surface area contributed by atoms with E-state index in [1.54, 1.807) is 23.1 Å². The van der Waals surface area contributed by atoms with Crippen molar-refractivity contribution in [2.75, 3.05) is 18.5 Å². The molecule has 1 aromatic heterocycles. The zero-order chi connectivity index (χ0) is 15.5. The van der Waals surface area contributed by atoms with Crippen molar-refractivity contribution in [2.45, 2.75) is 29.5 Å². The van der Waals surface area contributed by atoms with Gasteiger partial charge in [0.05, 0.1) is 12.5 Å². The number of aromatic nitrogens is 1. The summed E-state index contributed by atoms with van der Waals surface area (Å²) < 4.78 is 6.30. The molecule has 0 bridgehead atoms. The molecule has 0 unspecified atom stereocenters. The zero-order valence-corrected chi connectivity index (χ0v) is 14.2. The first kappa shape index (κ1) is 15.5. The van der Waals surface area contributed by atoms with Gasteiger partial charge in [0.1, 0.15) is 0 Å². The first-order chi connectivity index (χ1) is 10.6. The lowest BCUT2D eigenvalue weighted by atomic mass is 10.1. The number of nitrogens with one attached hydrogen (secondary N) is 1. The number of amides is 1. The van der Waals surface area contributed by atoms with E-state index < -0.39 is 0 Å². The van der Waals surface area contributed by atoms with Crippen molar-refractivity contribution in [1.29, 1.82) is 0 Å². The quantitative estimate of drug-likeness (QED) is 0.922. The number of carbonyl (C=O) groups excluding carboxylic acids is 1. The number of benzene rings is 1. The van der Waals surface area contributed by atoms with E-state index in [-0.39, 0.29) is 11.8 Å². The Morgan fingerprint density at radius 2 is 2.32 bits per heavy atom. The van der Waals surface area contributed by atoms with Crippen LogP contribution < -0.4 is 5.32 Å². The smallest absolute Gasteiger partial charge is 0.229 e. The fourth-order valence-electron chi connectivity index (χ4n) is 2.30. The minimum atomic E-state index is -0.0215. The zero-order valence-electron chi connectivity index (χ0n) is 12.6. The van der Waals surface area contributed by atoms with Crippen molar-refractivity contribution in [3.8, 4) is 0 Å². The van der Waals surface area contributed by atoms with Gasteiger partial charge in [-0.15, -0.1) is 11.3 Å². The molecule has 116 valence electrons. The molecule has 4 nitrogen and oxygen atoms in total. The lowest BCUT2D eigenvalue weighted by Crippen LogP contribution is -2.23. The summed E-state index contributed by atoms with van der Waals surface area (Å²) >= 11 is 3.30. The topological polar surface area (TPSA) is 51.2 Å². The Kier molecular flexibility index (Phi) is 4.81. The molecule has 1 atom stereocenters. The highest BCUT2D eigenvalue weighted by Gasteiger charge is 2.23. The van der Waals surface area contributed by atoms with Crippen LogP contribution >= 0.6 is 23.1 Å². The predicted octanol–water partition coefficient (Wildman–Crippen LogP) is 3.89. The maximum Gasteiger partial charge on any atom is 0.229 e. The van der Waals surface area contributed by atoms with Crippen LogP contribution in [0.3, 0.4) is 0 Å². The molecule has 6 heteroatoms.